The van der Waals surface area contributed by atoms with Crippen LogP contribution in [0.4, 0.5) is 0 Å². The molecular weight excluding hydrogens is 1100 g/mol. The summed E-state index contributed by atoms with van der Waals surface area (Å²) >= 11 is 4.89. The van der Waals surface area contributed by atoms with Crippen LogP contribution >= 0.6 is 45.2 Å². The molecule has 6 nitrogen and oxygen atoms in total. The molecule has 0 aliphatic carbocycles. The summed E-state index contributed by atoms with van der Waals surface area (Å²) in [5, 5.41) is 9.44. The number of benzene rings is 2. The summed E-state index contributed by atoms with van der Waals surface area (Å²) in [6, 6.07) is 17.9. The van der Waals surface area contributed by atoms with Crippen molar-refractivity contribution in [2.24, 2.45) is 14.1 Å². The van der Waals surface area contributed by atoms with E-state index in [0.29, 0.717) is 0 Å². The van der Waals surface area contributed by atoms with E-state index in [1.165, 1.54) is 118 Å². The number of hydrogen-bond acceptors (Lipinski definition) is 2. The fourth-order valence-electron chi connectivity index (χ4n) is 6.24. The number of rotatable bonds is 16. The van der Waals surface area contributed by atoms with Crippen LogP contribution in [0.5, 0.6) is 0 Å². The Kier molecular flexibility index (Phi) is 23.2. The predicted octanol–water partition coefficient (Wildman–Crippen LogP) is 5.28. The molecule has 0 unspecified atom stereocenters. The fraction of sp³-hybridized carbons (Fsp3) is 0.619. The van der Waals surface area contributed by atoms with Gasteiger partial charge >= 0.3 is 0 Å². The minimum Gasteiger partial charge on any atom is -1.00 e. The summed E-state index contributed by atoms with van der Waals surface area (Å²) in [5.74, 6) is 0. The largest absolute Gasteiger partial charge is 1.00 e. The van der Waals surface area contributed by atoms with Crippen LogP contribution in [-0.2, 0) is 38.0 Å². The van der Waals surface area contributed by atoms with E-state index in [-0.39, 0.29) is 58.8 Å². The Morgan fingerprint density at radius 2 is 0.788 bits per heavy atom. The van der Waals surface area contributed by atoms with E-state index in [1.54, 1.807) is 0 Å². The Hall–Kier alpha value is -0.360. The van der Waals surface area contributed by atoms with Crippen molar-refractivity contribution in [2.45, 2.75) is 156 Å². The highest BCUT2D eigenvalue weighted by Crippen LogP contribution is 2.28. The van der Waals surface area contributed by atoms with Gasteiger partial charge in [-0.25, -0.2) is 0 Å². The Labute approximate surface area is 378 Å². The number of hydrogen-bond donors (Lipinski definition) is 0. The normalized spacial score (nSPS) is 11.5. The second-order valence-electron chi connectivity index (χ2n) is 15.9. The van der Waals surface area contributed by atoms with Crippen molar-refractivity contribution in [2.75, 3.05) is 0 Å². The lowest BCUT2D eigenvalue weighted by atomic mass is 9.86. The predicted molar refractivity (Wildman–Crippen MR) is 227 cm³/mol. The second-order valence-corrected chi connectivity index (χ2v) is 18.0. The van der Waals surface area contributed by atoms with Crippen molar-refractivity contribution in [1.29, 1.82) is 0 Å². The third-order valence-electron chi connectivity index (χ3n) is 9.47. The molecule has 4 aromatic rings. The summed E-state index contributed by atoms with van der Waals surface area (Å²) < 4.78 is 10.8. The zero-order chi connectivity index (χ0) is 36.9. The first-order chi connectivity index (χ1) is 23.7. The van der Waals surface area contributed by atoms with E-state index in [0.717, 1.165) is 13.1 Å². The van der Waals surface area contributed by atoms with Gasteiger partial charge in [0.1, 0.15) is 27.2 Å². The van der Waals surface area contributed by atoms with Gasteiger partial charge in [-0.2, -0.15) is 0 Å². The van der Waals surface area contributed by atoms with E-state index in [2.05, 4.69) is 158 Å². The molecule has 292 valence electrons. The highest BCUT2D eigenvalue weighted by atomic mass is 127. The van der Waals surface area contributed by atoms with Crippen LogP contribution in [0.1, 0.15) is 144 Å². The monoisotopic (exact) mass is 1160 g/mol. The number of aromatic nitrogens is 6. The number of aryl methyl sites for hydroxylation is 4. The van der Waals surface area contributed by atoms with Gasteiger partial charge in [-0.3, -0.25) is 0 Å². The van der Waals surface area contributed by atoms with E-state index in [1.807, 2.05) is 23.5 Å². The quantitative estimate of drug-likeness (QED) is 0.0872. The molecule has 0 aliphatic heterocycles. The average molecular weight is 1160 g/mol. The molecule has 0 N–H and O–H groups in total. The molecule has 0 radical (unpaired) electrons. The summed E-state index contributed by atoms with van der Waals surface area (Å²) in [4.78, 5) is 0. The first-order valence-electron chi connectivity index (χ1n) is 19.2. The van der Waals surface area contributed by atoms with Crippen LogP contribution in [0.25, 0.3) is 22.5 Å². The zero-order valence-corrected chi connectivity index (χ0v) is 42.3. The summed E-state index contributed by atoms with van der Waals surface area (Å²) in [6.45, 7) is 20.1. The van der Waals surface area contributed by atoms with Crippen LogP contribution in [0.2, 0.25) is 0 Å². The van der Waals surface area contributed by atoms with E-state index >= 15 is 0 Å². The van der Waals surface area contributed by atoms with Crippen LogP contribution < -0.4 is 57.3 Å². The van der Waals surface area contributed by atoms with Crippen molar-refractivity contribution in [1.82, 2.24) is 19.8 Å². The lowest BCUT2D eigenvalue weighted by Crippen LogP contribution is -3.00. The Morgan fingerprint density at radius 3 is 1.08 bits per heavy atom. The van der Waals surface area contributed by atoms with Crippen molar-refractivity contribution in [3.63, 3.8) is 0 Å². The van der Waals surface area contributed by atoms with Gasteiger partial charge < -0.3 is 48.0 Å². The van der Waals surface area contributed by atoms with E-state index < -0.39 is 0 Å². The molecule has 52 heavy (non-hydrogen) atoms. The Bertz CT molecular complexity index is 1460. The van der Waals surface area contributed by atoms with Crippen LogP contribution in [0.15, 0.2) is 48.5 Å². The SMILES string of the molecule is CCCCCCCCn1n[n+](C)c(-c2ccc(C(C)(C)C)cc2)c1I.CCCCCCCCn1n[n+](C)c(-c2ccc(C(C)(C)C)cc2)c1I.[I-].[I-]. The molecule has 0 spiro atoms. The van der Waals surface area contributed by atoms with Gasteiger partial charge in [-0.15, -0.1) is 18.7 Å². The summed E-state index contributed by atoms with van der Waals surface area (Å²) in [7, 11) is 4.10. The van der Waals surface area contributed by atoms with E-state index in [4.69, 9.17) is 10.4 Å². The van der Waals surface area contributed by atoms with Gasteiger partial charge in [-0.1, -0.05) is 155 Å². The van der Waals surface area contributed by atoms with Crippen LogP contribution in [0.3, 0.4) is 0 Å². The molecule has 10 heteroatoms. The Balaban J connectivity index is 0.000000501. The molecule has 0 amide bonds. The maximum absolute atomic E-state index is 4.72. The topological polar surface area (TPSA) is 43.4 Å². The van der Waals surface area contributed by atoms with Gasteiger partial charge in [0.2, 0.25) is 18.8 Å². The zero-order valence-electron chi connectivity index (χ0n) is 33.7. The molecule has 0 aliphatic rings. The van der Waals surface area contributed by atoms with Crippen LogP contribution in [0, 0.1) is 7.40 Å². The maximum Gasteiger partial charge on any atom is 0.235 e. The van der Waals surface area contributed by atoms with E-state index in [9.17, 15) is 0 Å². The number of unbranched alkanes of at least 4 members (excludes halogenated alkanes) is 10. The first kappa shape index (κ1) is 49.7. The Morgan fingerprint density at radius 1 is 0.500 bits per heavy atom. The van der Waals surface area contributed by atoms with Crippen molar-refractivity contribution in [3.8, 4) is 22.5 Å². The van der Waals surface area contributed by atoms with Crippen molar-refractivity contribution < 1.29 is 57.3 Å². The minimum atomic E-state index is 0. The first-order valence-corrected chi connectivity index (χ1v) is 21.3. The van der Waals surface area contributed by atoms with Crippen molar-refractivity contribution in [3.05, 3.63) is 67.1 Å². The summed E-state index contributed by atoms with van der Waals surface area (Å²) in [6.07, 6.45) is 15.8. The van der Waals surface area contributed by atoms with Gasteiger partial charge in [0.05, 0.1) is 10.4 Å². The van der Waals surface area contributed by atoms with Gasteiger partial charge in [0.25, 0.3) is 0 Å². The lowest BCUT2D eigenvalue weighted by molar-refractivity contribution is -0.722. The van der Waals surface area contributed by atoms with Crippen molar-refractivity contribution >= 4 is 45.2 Å². The standard InChI is InChI=1S/2C21H33IN3.2HI/c2*1-6-7-8-9-10-11-16-25-20(22)19(24(5)23-25)17-12-14-18(15-13-17)21(2,3)4;;/h2*12-15H,6-11,16H2,1-5H3;2*1H/q2*+1;;/p-2. The highest BCUT2D eigenvalue weighted by molar-refractivity contribution is 14.1. The maximum atomic E-state index is 4.72. The summed E-state index contributed by atoms with van der Waals surface area (Å²) in [5.41, 5.74) is 8.04. The third-order valence-corrected chi connectivity index (χ3v) is 11.6. The molecule has 4 rings (SSSR count). The molecule has 0 fully saturated rings. The molecule has 2 aromatic carbocycles. The fourth-order valence-corrected chi connectivity index (χ4v) is 8.24. The smallest absolute Gasteiger partial charge is 0.235 e. The van der Waals surface area contributed by atoms with Gasteiger partial charge in [-0.05, 0) is 47.6 Å². The molecule has 0 saturated heterocycles. The minimum absolute atomic E-state index is 0. The number of halogens is 4. The molecule has 2 heterocycles. The number of nitrogens with zero attached hydrogens (tertiary/aromatic N) is 6. The average Bonchev–Trinajstić information content (AvgIpc) is 3.51. The molecular formula is C42H66I4N6. The molecule has 0 saturated carbocycles. The van der Waals surface area contributed by atoms with Gasteiger partial charge in [0.15, 0.2) is 0 Å². The van der Waals surface area contributed by atoms with Gasteiger partial charge in [0, 0.05) is 56.3 Å². The molecule has 2 aromatic heterocycles. The molecule has 0 bridgehead atoms. The molecule has 0 atom stereocenters. The second kappa shape index (κ2) is 24.3. The lowest BCUT2D eigenvalue weighted by Gasteiger charge is -2.18. The highest BCUT2D eigenvalue weighted by Gasteiger charge is 2.25. The third kappa shape index (κ3) is 15.3. The van der Waals surface area contributed by atoms with Crippen LogP contribution in [-0.4, -0.2) is 19.8 Å².